The highest BCUT2D eigenvalue weighted by Gasteiger charge is 2.23. The molecule has 0 aliphatic heterocycles. The van der Waals surface area contributed by atoms with E-state index in [1.807, 2.05) is 0 Å². The van der Waals surface area contributed by atoms with Crippen LogP contribution in [-0.2, 0) is 0 Å². The van der Waals surface area contributed by atoms with Crippen LogP contribution >= 0.6 is 0 Å². The molecule has 0 amide bonds. The van der Waals surface area contributed by atoms with E-state index >= 15 is 0 Å². The minimum Gasteiger partial charge on any atom is -0.204 e. The van der Waals surface area contributed by atoms with Gasteiger partial charge < -0.3 is 0 Å². The van der Waals surface area contributed by atoms with E-state index in [0.717, 1.165) is 31.2 Å². The Balaban J connectivity index is 1.44. The number of nitriles is 1. The predicted octanol–water partition coefficient (Wildman–Crippen LogP) is 6.68. The van der Waals surface area contributed by atoms with E-state index in [9.17, 15) is 8.78 Å². The van der Waals surface area contributed by atoms with Gasteiger partial charge in [0.1, 0.15) is 0 Å². The number of rotatable bonds is 4. The third-order valence-electron chi connectivity index (χ3n) is 6.10. The average Bonchev–Trinajstić information content (AvgIpc) is 2.68. The minimum atomic E-state index is -0.761. The molecule has 0 spiro atoms. The van der Waals surface area contributed by atoms with Crippen LogP contribution in [0.3, 0.4) is 0 Å². The molecule has 0 bridgehead atoms. The molecule has 0 radical (unpaired) electrons. The zero-order chi connectivity index (χ0) is 18.4. The van der Waals surface area contributed by atoms with Crippen LogP contribution in [0.5, 0.6) is 0 Å². The van der Waals surface area contributed by atoms with Crippen molar-refractivity contribution in [2.45, 2.75) is 57.3 Å². The molecule has 0 atom stereocenters. The van der Waals surface area contributed by atoms with Gasteiger partial charge in [-0.2, -0.15) is 5.26 Å². The maximum absolute atomic E-state index is 13.4. The van der Waals surface area contributed by atoms with Gasteiger partial charge in [-0.25, -0.2) is 8.78 Å². The molecular formula is C23H27F2N. The molecule has 1 nitrogen and oxygen atoms in total. The van der Waals surface area contributed by atoms with E-state index in [1.54, 1.807) is 12.1 Å². The molecule has 2 aliphatic rings. The molecule has 0 N–H and O–H groups in total. The van der Waals surface area contributed by atoms with Gasteiger partial charge in [0, 0.05) is 6.08 Å². The number of allylic oxidation sites excluding steroid dienone is 4. The summed E-state index contributed by atoms with van der Waals surface area (Å²) in [5.41, 5.74) is 0.940. The zero-order valence-electron chi connectivity index (χ0n) is 15.2. The molecule has 2 fully saturated rings. The molecule has 3 rings (SSSR count). The largest absolute Gasteiger partial charge is 0.204 e. The topological polar surface area (TPSA) is 23.8 Å². The Morgan fingerprint density at radius 1 is 0.769 bits per heavy atom. The average molecular weight is 355 g/mol. The lowest BCUT2D eigenvalue weighted by molar-refractivity contribution is 0.348. The van der Waals surface area contributed by atoms with Crippen LogP contribution in [0.2, 0.25) is 0 Å². The fourth-order valence-electron chi connectivity index (χ4n) is 4.43. The number of hydrogen-bond acceptors (Lipinski definition) is 1. The van der Waals surface area contributed by atoms with Gasteiger partial charge in [-0.1, -0.05) is 24.3 Å². The highest BCUT2D eigenvalue weighted by molar-refractivity contribution is 5.22. The molecule has 3 heteroatoms. The first-order chi connectivity index (χ1) is 12.7. The van der Waals surface area contributed by atoms with Crippen molar-refractivity contribution in [1.82, 2.24) is 0 Å². The highest BCUT2D eigenvalue weighted by Crippen LogP contribution is 2.37. The second kappa shape index (κ2) is 9.12. The number of hydrogen-bond donors (Lipinski definition) is 0. The van der Waals surface area contributed by atoms with Crippen LogP contribution in [-0.4, -0.2) is 0 Å². The van der Waals surface area contributed by atoms with E-state index in [-0.39, 0.29) is 0 Å². The molecule has 1 aromatic rings. The molecule has 0 heterocycles. The van der Waals surface area contributed by atoms with Gasteiger partial charge in [-0.05, 0) is 92.7 Å². The van der Waals surface area contributed by atoms with Crippen molar-refractivity contribution in [2.75, 3.05) is 0 Å². The summed E-state index contributed by atoms with van der Waals surface area (Å²) in [4.78, 5) is 0. The number of halogens is 2. The molecule has 0 unspecified atom stereocenters. The second-order valence-corrected chi connectivity index (χ2v) is 7.83. The number of benzene rings is 1. The van der Waals surface area contributed by atoms with Crippen LogP contribution in [0.1, 0.15) is 62.8 Å². The van der Waals surface area contributed by atoms with E-state index < -0.39 is 11.6 Å². The summed E-state index contributed by atoms with van der Waals surface area (Å²) in [5.74, 6) is 0.731. The van der Waals surface area contributed by atoms with Crippen molar-refractivity contribution in [3.8, 4) is 6.07 Å². The third kappa shape index (κ3) is 5.04. The molecule has 0 saturated heterocycles. The zero-order valence-corrected chi connectivity index (χ0v) is 15.2. The summed E-state index contributed by atoms with van der Waals surface area (Å²) < 4.78 is 26.5. The summed E-state index contributed by atoms with van der Waals surface area (Å²) >= 11 is 0. The molecule has 0 aromatic heterocycles. The lowest BCUT2D eigenvalue weighted by atomic mass is 9.77. The van der Waals surface area contributed by atoms with Crippen LogP contribution in [0.15, 0.2) is 42.5 Å². The Kier molecular flexibility index (Phi) is 6.61. The quantitative estimate of drug-likeness (QED) is 0.436. The Hall–Kier alpha value is -1.95. The van der Waals surface area contributed by atoms with Gasteiger partial charge in [0.15, 0.2) is 11.6 Å². The van der Waals surface area contributed by atoms with Crippen molar-refractivity contribution in [3.05, 3.63) is 59.7 Å². The minimum absolute atomic E-state index is 0.358. The van der Waals surface area contributed by atoms with Crippen LogP contribution in [0, 0.1) is 40.7 Å². The summed E-state index contributed by atoms with van der Waals surface area (Å²) in [6, 6.07) is 6.44. The van der Waals surface area contributed by atoms with Crippen molar-refractivity contribution < 1.29 is 8.78 Å². The first-order valence-corrected chi connectivity index (χ1v) is 9.85. The molecule has 2 aliphatic carbocycles. The fraction of sp³-hybridized carbons (Fsp3) is 0.522. The first-order valence-electron chi connectivity index (χ1n) is 9.85. The van der Waals surface area contributed by atoms with Crippen molar-refractivity contribution >= 4 is 0 Å². The first kappa shape index (κ1) is 18.8. The van der Waals surface area contributed by atoms with E-state index in [0.29, 0.717) is 23.7 Å². The van der Waals surface area contributed by atoms with Gasteiger partial charge in [-0.3, -0.25) is 0 Å². The fourth-order valence-corrected chi connectivity index (χ4v) is 4.43. The Morgan fingerprint density at radius 2 is 1.31 bits per heavy atom. The lowest BCUT2D eigenvalue weighted by Crippen LogP contribution is -2.14. The van der Waals surface area contributed by atoms with Crippen molar-refractivity contribution in [1.29, 1.82) is 5.26 Å². The van der Waals surface area contributed by atoms with Gasteiger partial charge in [-0.15, -0.1) is 0 Å². The molecule has 26 heavy (non-hydrogen) atoms. The van der Waals surface area contributed by atoms with Crippen LogP contribution in [0.25, 0.3) is 0 Å². The highest BCUT2D eigenvalue weighted by atomic mass is 19.2. The maximum Gasteiger partial charge on any atom is 0.159 e. The molecule has 2 saturated carbocycles. The Labute approximate surface area is 155 Å². The van der Waals surface area contributed by atoms with Crippen LogP contribution in [0.4, 0.5) is 8.78 Å². The van der Waals surface area contributed by atoms with E-state index in [4.69, 9.17) is 5.26 Å². The summed E-state index contributed by atoms with van der Waals surface area (Å²) in [6.07, 6.45) is 17.6. The molecular weight excluding hydrogens is 328 g/mol. The molecule has 1 aromatic carbocycles. The van der Waals surface area contributed by atoms with Gasteiger partial charge in [0.2, 0.25) is 0 Å². The number of nitrogens with zero attached hydrogens (tertiary/aromatic N) is 1. The van der Waals surface area contributed by atoms with Crippen LogP contribution < -0.4 is 0 Å². The second-order valence-electron chi connectivity index (χ2n) is 7.83. The monoisotopic (exact) mass is 355 g/mol. The Morgan fingerprint density at radius 3 is 1.85 bits per heavy atom. The predicted molar refractivity (Wildman–Crippen MR) is 100 cm³/mol. The summed E-state index contributed by atoms with van der Waals surface area (Å²) in [6.45, 7) is 0. The van der Waals surface area contributed by atoms with E-state index in [1.165, 1.54) is 37.8 Å². The summed E-state index contributed by atoms with van der Waals surface area (Å²) in [7, 11) is 0. The van der Waals surface area contributed by atoms with Gasteiger partial charge in [0.05, 0.1) is 6.07 Å². The maximum atomic E-state index is 13.4. The third-order valence-corrected chi connectivity index (χ3v) is 6.10. The standard InChI is InChI=1S/C23H27F2N/c24-22-14-13-21(16-23(22)25)20-11-9-19(10-12-20)8-7-18-5-3-17(4-6-18)2-1-15-26/h1-2,7-8,13-14,16-20H,3-6,9-12H2/b2-1?,8-7+/t17-,18-,19-,20-. The van der Waals surface area contributed by atoms with Crippen molar-refractivity contribution in [3.63, 3.8) is 0 Å². The van der Waals surface area contributed by atoms with Gasteiger partial charge >= 0.3 is 0 Å². The SMILES string of the molecule is N#CC=C[C@H]1CC[C@H](/C=C/[C@H]2CC[C@H](c3ccc(F)c(F)c3)CC2)CC1. The smallest absolute Gasteiger partial charge is 0.159 e. The van der Waals surface area contributed by atoms with Crippen molar-refractivity contribution in [2.24, 2.45) is 17.8 Å². The summed E-state index contributed by atoms with van der Waals surface area (Å²) in [5, 5.41) is 8.61. The lowest BCUT2D eigenvalue weighted by Gasteiger charge is -2.28. The van der Waals surface area contributed by atoms with Gasteiger partial charge in [0.25, 0.3) is 0 Å². The molecule has 138 valence electrons. The van der Waals surface area contributed by atoms with E-state index in [2.05, 4.69) is 24.3 Å². The Bertz CT molecular complexity index is 685. The normalized spacial score (nSPS) is 29.9.